The van der Waals surface area contributed by atoms with Crippen LogP contribution in [-0.2, 0) is 11.2 Å². The fourth-order valence-electron chi connectivity index (χ4n) is 2.02. The number of allylic oxidation sites excluding steroid dienone is 1. The number of benzene rings is 1. The minimum atomic E-state index is -0.0762. The number of rotatable bonds is 7. The first-order chi connectivity index (χ1) is 11.0. The molecule has 1 amide bonds. The van der Waals surface area contributed by atoms with Crippen LogP contribution in [0.3, 0.4) is 0 Å². The van der Waals surface area contributed by atoms with E-state index in [1.54, 1.807) is 14.1 Å². The third-order valence-corrected chi connectivity index (χ3v) is 3.49. The molecule has 0 aliphatic rings. The molecule has 4 N–H and O–H groups in total. The Morgan fingerprint density at radius 1 is 1.48 bits per heavy atom. The molecule has 6 heteroatoms. The Kier molecular flexibility index (Phi) is 7.53. The third kappa shape index (κ3) is 5.58. The van der Waals surface area contributed by atoms with Crippen molar-refractivity contribution in [2.45, 2.75) is 19.8 Å². The summed E-state index contributed by atoms with van der Waals surface area (Å²) in [5, 5.41) is 10.7. The molecule has 0 aliphatic carbocycles. The van der Waals surface area contributed by atoms with Crippen molar-refractivity contribution < 1.29 is 4.79 Å². The molecule has 0 fully saturated rings. The highest BCUT2D eigenvalue weighted by atomic mass is 16.2. The van der Waals surface area contributed by atoms with Gasteiger partial charge in [0, 0.05) is 44.5 Å². The van der Waals surface area contributed by atoms with E-state index in [1.807, 2.05) is 37.3 Å². The number of guanidine groups is 1. The molecule has 0 heterocycles. The van der Waals surface area contributed by atoms with Gasteiger partial charge in [-0.1, -0.05) is 24.3 Å². The summed E-state index contributed by atoms with van der Waals surface area (Å²) < 4.78 is 0. The molecule has 0 aliphatic heterocycles. The molecule has 0 radical (unpaired) electrons. The number of anilines is 1. The van der Waals surface area contributed by atoms with Gasteiger partial charge >= 0.3 is 0 Å². The third-order valence-electron chi connectivity index (χ3n) is 3.49. The Bertz CT molecular complexity index is 607. The van der Waals surface area contributed by atoms with Crippen LogP contribution in [0.5, 0.6) is 0 Å². The maximum Gasteiger partial charge on any atom is 0.229 e. The van der Waals surface area contributed by atoms with Gasteiger partial charge in [0.05, 0.1) is 0 Å². The van der Waals surface area contributed by atoms with Crippen LogP contribution in [0.1, 0.15) is 24.5 Å². The summed E-state index contributed by atoms with van der Waals surface area (Å²) in [7, 11) is 3.17. The maximum atomic E-state index is 12.0. The molecule has 0 saturated heterocycles. The molecule has 1 aromatic rings. The monoisotopic (exact) mass is 315 g/mol. The molecule has 23 heavy (non-hydrogen) atoms. The number of hydrogen-bond donors (Lipinski definition) is 3. The highest BCUT2D eigenvalue weighted by molar-refractivity contribution is 5.95. The summed E-state index contributed by atoms with van der Waals surface area (Å²) >= 11 is 0. The fourth-order valence-corrected chi connectivity index (χ4v) is 2.02. The van der Waals surface area contributed by atoms with E-state index >= 15 is 0 Å². The number of nitrogens with zero attached hydrogens (tertiary/aromatic N) is 2. The lowest BCUT2D eigenvalue weighted by Gasteiger charge is -2.16. The summed E-state index contributed by atoms with van der Waals surface area (Å²) in [6, 6.07) is 5.80. The highest BCUT2D eigenvalue weighted by Gasteiger charge is 2.12. The van der Waals surface area contributed by atoms with Crippen molar-refractivity contribution in [1.82, 2.24) is 4.90 Å². The zero-order valence-electron chi connectivity index (χ0n) is 14.0. The number of amides is 1. The Morgan fingerprint density at radius 2 is 2.22 bits per heavy atom. The molecule has 0 saturated carbocycles. The molecule has 0 spiro atoms. The predicted molar refractivity (Wildman–Crippen MR) is 96.3 cm³/mol. The van der Waals surface area contributed by atoms with E-state index in [0.29, 0.717) is 19.4 Å². The van der Waals surface area contributed by atoms with Crippen molar-refractivity contribution in [2.24, 2.45) is 10.7 Å². The van der Waals surface area contributed by atoms with Gasteiger partial charge in [-0.05, 0) is 25.0 Å². The first-order valence-electron chi connectivity index (χ1n) is 7.50. The van der Waals surface area contributed by atoms with Crippen LogP contribution >= 0.6 is 0 Å². The van der Waals surface area contributed by atoms with Crippen molar-refractivity contribution >= 4 is 23.8 Å². The molecule has 6 nitrogen and oxygen atoms in total. The van der Waals surface area contributed by atoms with Gasteiger partial charge in [-0.2, -0.15) is 0 Å². The van der Waals surface area contributed by atoms with Gasteiger partial charge in [-0.3, -0.25) is 14.7 Å². The summed E-state index contributed by atoms with van der Waals surface area (Å²) in [4.78, 5) is 17.2. The second-order valence-electron chi connectivity index (χ2n) is 5.05. The lowest BCUT2D eigenvalue weighted by Crippen LogP contribution is -2.38. The van der Waals surface area contributed by atoms with Gasteiger partial charge in [0.15, 0.2) is 5.96 Å². The Balaban J connectivity index is 2.75. The molecular formula is C17H25N5O. The molecule has 1 aromatic carbocycles. The average molecular weight is 315 g/mol. The van der Waals surface area contributed by atoms with E-state index in [9.17, 15) is 4.79 Å². The second-order valence-corrected chi connectivity index (χ2v) is 5.05. The number of aryl methyl sites for hydroxylation is 1. The number of aliphatic imine (C=N–C) groups is 1. The van der Waals surface area contributed by atoms with Crippen molar-refractivity contribution in [2.75, 3.05) is 26.0 Å². The maximum absolute atomic E-state index is 12.0. The summed E-state index contributed by atoms with van der Waals surface area (Å²) in [6.45, 7) is 2.66. The minimum Gasteiger partial charge on any atom is -0.381 e. The lowest BCUT2D eigenvalue weighted by molar-refractivity contribution is -0.126. The quantitative estimate of drug-likeness (QED) is 0.408. The van der Waals surface area contributed by atoms with Crippen LogP contribution in [0, 0.1) is 5.41 Å². The van der Waals surface area contributed by atoms with Crippen molar-refractivity contribution in [1.29, 1.82) is 5.41 Å². The number of nitrogens with two attached hydrogens (primary N) is 1. The van der Waals surface area contributed by atoms with E-state index in [1.165, 1.54) is 11.1 Å². The van der Waals surface area contributed by atoms with Crippen molar-refractivity contribution in [3.63, 3.8) is 0 Å². The van der Waals surface area contributed by atoms with Gasteiger partial charge in [0.2, 0.25) is 5.91 Å². The molecule has 0 bridgehead atoms. The van der Waals surface area contributed by atoms with Gasteiger partial charge < -0.3 is 16.5 Å². The molecule has 0 aromatic heterocycles. The van der Waals surface area contributed by atoms with Crippen LogP contribution in [0.2, 0.25) is 0 Å². The summed E-state index contributed by atoms with van der Waals surface area (Å²) in [5.41, 5.74) is 8.38. The topological polar surface area (TPSA) is 94.6 Å². The SMILES string of the molecule is C/C=C/CNc1cc(CCC(=O)N(C)C(N)=NC)ccc1C=N. The molecule has 0 atom stereocenters. The summed E-state index contributed by atoms with van der Waals surface area (Å²) in [5.74, 6) is 0.135. The van der Waals surface area contributed by atoms with Crippen molar-refractivity contribution in [3.8, 4) is 0 Å². The normalized spacial score (nSPS) is 11.5. The van der Waals surface area contributed by atoms with E-state index in [-0.39, 0.29) is 11.9 Å². The van der Waals surface area contributed by atoms with Crippen LogP contribution in [-0.4, -0.2) is 43.6 Å². The number of nitrogens with one attached hydrogen (secondary N) is 2. The minimum absolute atomic E-state index is 0.0762. The van der Waals surface area contributed by atoms with Crippen LogP contribution < -0.4 is 11.1 Å². The second kappa shape index (κ2) is 9.40. The first kappa shape index (κ1) is 18.4. The largest absolute Gasteiger partial charge is 0.381 e. The van der Waals surface area contributed by atoms with Crippen LogP contribution in [0.15, 0.2) is 35.3 Å². The van der Waals surface area contributed by atoms with E-state index < -0.39 is 0 Å². The number of carbonyl (C=O) groups is 1. The predicted octanol–water partition coefficient (Wildman–Crippen LogP) is 2.01. The Labute approximate surface area is 137 Å². The molecular weight excluding hydrogens is 290 g/mol. The highest BCUT2D eigenvalue weighted by Crippen LogP contribution is 2.17. The molecule has 0 unspecified atom stereocenters. The smallest absolute Gasteiger partial charge is 0.229 e. The van der Waals surface area contributed by atoms with Crippen LogP contribution in [0.4, 0.5) is 5.69 Å². The van der Waals surface area contributed by atoms with Crippen LogP contribution in [0.25, 0.3) is 0 Å². The Hall–Kier alpha value is -2.63. The van der Waals surface area contributed by atoms with Gasteiger partial charge in [0.25, 0.3) is 0 Å². The summed E-state index contributed by atoms with van der Waals surface area (Å²) in [6.07, 6.45) is 6.25. The molecule has 1 rings (SSSR count). The van der Waals surface area contributed by atoms with E-state index in [0.717, 1.165) is 16.8 Å². The lowest BCUT2D eigenvalue weighted by atomic mass is 10.0. The fraction of sp³-hybridized carbons (Fsp3) is 0.353. The molecule has 124 valence electrons. The first-order valence-corrected chi connectivity index (χ1v) is 7.50. The standard InChI is InChI=1S/C17H25N5O/c1-4-5-10-21-15-11-13(6-8-14(15)12-18)7-9-16(23)22(3)17(19)20-2/h4-6,8,11-12,18,21H,7,9-10H2,1-3H3,(H2,19,20)/b5-4+,18-12?. The van der Waals surface area contributed by atoms with Gasteiger partial charge in [-0.25, -0.2) is 0 Å². The van der Waals surface area contributed by atoms with Gasteiger partial charge in [-0.15, -0.1) is 0 Å². The van der Waals surface area contributed by atoms with Crippen molar-refractivity contribution in [3.05, 3.63) is 41.5 Å². The number of carbonyl (C=O) groups excluding carboxylic acids is 1. The Morgan fingerprint density at radius 3 is 2.83 bits per heavy atom. The number of hydrogen-bond acceptors (Lipinski definition) is 4. The zero-order valence-corrected chi connectivity index (χ0v) is 14.0. The van der Waals surface area contributed by atoms with E-state index in [2.05, 4.69) is 10.3 Å². The zero-order chi connectivity index (χ0) is 17.2. The average Bonchev–Trinajstić information content (AvgIpc) is 2.58. The van der Waals surface area contributed by atoms with E-state index in [4.69, 9.17) is 11.1 Å². The van der Waals surface area contributed by atoms with Gasteiger partial charge in [0.1, 0.15) is 0 Å².